The number of pyridine rings is 1. The SMILES string of the molecule is COc1cccc(-c2ccc3nc(NC(=O)c4ccnn4C)sc3n2)c1. The standard InChI is InChI=1S/C18H15N5O2S/c1-23-15(8-9-19-23)16(24)22-18-21-14-7-6-13(20-17(14)26-18)11-4-3-5-12(10-11)25-2/h3-10H,1-2H3,(H,21,22,24). The van der Waals surface area contributed by atoms with E-state index in [1.807, 2.05) is 36.4 Å². The van der Waals surface area contributed by atoms with Gasteiger partial charge in [0.05, 0.1) is 12.8 Å². The average molecular weight is 365 g/mol. The molecule has 1 amide bonds. The molecule has 1 N–H and O–H groups in total. The lowest BCUT2D eigenvalue weighted by Gasteiger charge is -2.03. The van der Waals surface area contributed by atoms with Gasteiger partial charge in [-0.2, -0.15) is 5.10 Å². The summed E-state index contributed by atoms with van der Waals surface area (Å²) in [4.78, 5) is 22.1. The molecule has 0 aliphatic rings. The fraction of sp³-hybridized carbons (Fsp3) is 0.111. The molecule has 1 aromatic carbocycles. The average Bonchev–Trinajstić information content (AvgIpc) is 3.26. The summed E-state index contributed by atoms with van der Waals surface area (Å²) in [5, 5.41) is 7.30. The minimum atomic E-state index is -0.253. The fourth-order valence-electron chi connectivity index (χ4n) is 2.57. The second kappa shape index (κ2) is 6.57. The van der Waals surface area contributed by atoms with E-state index in [2.05, 4.69) is 20.4 Å². The third-order valence-electron chi connectivity index (χ3n) is 3.90. The quantitative estimate of drug-likeness (QED) is 0.600. The highest BCUT2D eigenvalue weighted by Crippen LogP contribution is 2.29. The molecule has 0 saturated heterocycles. The molecule has 26 heavy (non-hydrogen) atoms. The molecule has 0 bridgehead atoms. The number of nitrogens with one attached hydrogen (secondary N) is 1. The molecule has 4 aromatic rings. The Morgan fingerprint density at radius 2 is 2.08 bits per heavy atom. The Morgan fingerprint density at radius 1 is 1.19 bits per heavy atom. The maximum absolute atomic E-state index is 12.3. The number of thiazole rings is 1. The molecule has 7 nitrogen and oxygen atoms in total. The van der Waals surface area contributed by atoms with Gasteiger partial charge in [-0.1, -0.05) is 23.5 Å². The van der Waals surface area contributed by atoms with Crippen LogP contribution < -0.4 is 10.1 Å². The highest BCUT2D eigenvalue weighted by atomic mass is 32.1. The first-order chi connectivity index (χ1) is 12.6. The monoisotopic (exact) mass is 365 g/mol. The van der Waals surface area contributed by atoms with Crippen LogP contribution in [0.3, 0.4) is 0 Å². The van der Waals surface area contributed by atoms with Crippen LogP contribution in [0.25, 0.3) is 21.6 Å². The first-order valence-corrected chi connectivity index (χ1v) is 8.67. The van der Waals surface area contributed by atoms with Gasteiger partial charge in [0.2, 0.25) is 0 Å². The van der Waals surface area contributed by atoms with E-state index in [0.717, 1.165) is 27.4 Å². The van der Waals surface area contributed by atoms with Crippen molar-refractivity contribution in [3.63, 3.8) is 0 Å². The summed E-state index contributed by atoms with van der Waals surface area (Å²) in [5.41, 5.74) is 2.99. The van der Waals surface area contributed by atoms with Gasteiger partial charge in [0.1, 0.15) is 21.8 Å². The van der Waals surface area contributed by atoms with Crippen molar-refractivity contribution in [2.24, 2.45) is 7.05 Å². The van der Waals surface area contributed by atoms with Crippen LogP contribution >= 0.6 is 11.3 Å². The van der Waals surface area contributed by atoms with Crippen LogP contribution in [0.4, 0.5) is 5.13 Å². The highest BCUT2D eigenvalue weighted by Gasteiger charge is 2.14. The molecule has 3 heterocycles. The topological polar surface area (TPSA) is 81.9 Å². The van der Waals surface area contributed by atoms with Crippen LogP contribution in [0.5, 0.6) is 5.75 Å². The van der Waals surface area contributed by atoms with Crippen molar-refractivity contribution in [1.29, 1.82) is 0 Å². The molecular weight excluding hydrogens is 350 g/mol. The zero-order valence-corrected chi connectivity index (χ0v) is 14.9. The molecule has 0 fully saturated rings. The lowest BCUT2D eigenvalue weighted by molar-refractivity contribution is 0.101. The van der Waals surface area contributed by atoms with Crippen LogP contribution in [-0.4, -0.2) is 32.8 Å². The number of hydrogen-bond acceptors (Lipinski definition) is 6. The molecule has 0 radical (unpaired) electrons. The highest BCUT2D eigenvalue weighted by molar-refractivity contribution is 7.22. The van der Waals surface area contributed by atoms with Crippen molar-refractivity contribution < 1.29 is 9.53 Å². The third kappa shape index (κ3) is 3.02. The molecule has 0 unspecified atom stereocenters. The number of rotatable bonds is 4. The molecule has 0 aliphatic heterocycles. The van der Waals surface area contributed by atoms with Crippen molar-refractivity contribution in [2.75, 3.05) is 12.4 Å². The maximum atomic E-state index is 12.3. The second-order valence-electron chi connectivity index (χ2n) is 5.57. The Morgan fingerprint density at radius 3 is 2.85 bits per heavy atom. The van der Waals surface area contributed by atoms with E-state index in [-0.39, 0.29) is 5.91 Å². The zero-order valence-electron chi connectivity index (χ0n) is 14.1. The van der Waals surface area contributed by atoms with E-state index >= 15 is 0 Å². The van der Waals surface area contributed by atoms with Crippen LogP contribution in [0, 0.1) is 0 Å². The van der Waals surface area contributed by atoms with Crippen molar-refractivity contribution in [3.05, 3.63) is 54.4 Å². The Balaban J connectivity index is 1.63. The van der Waals surface area contributed by atoms with Crippen molar-refractivity contribution in [3.8, 4) is 17.0 Å². The number of aromatic nitrogens is 4. The Hall–Kier alpha value is -3.26. The molecule has 0 aliphatic carbocycles. The predicted octanol–water partition coefficient (Wildman–Crippen LogP) is 3.35. The van der Waals surface area contributed by atoms with E-state index in [1.165, 1.54) is 16.0 Å². The summed E-state index contributed by atoms with van der Waals surface area (Å²) >= 11 is 1.33. The van der Waals surface area contributed by atoms with Gasteiger partial charge in [-0.15, -0.1) is 0 Å². The number of amides is 1. The van der Waals surface area contributed by atoms with Gasteiger partial charge >= 0.3 is 0 Å². The van der Waals surface area contributed by atoms with Gasteiger partial charge in [0.15, 0.2) is 5.13 Å². The van der Waals surface area contributed by atoms with Gasteiger partial charge < -0.3 is 4.74 Å². The summed E-state index contributed by atoms with van der Waals surface area (Å²) < 4.78 is 6.78. The Bertz CT molecular complexity index is 1100. The van der Waals surface area contributed by atoms with Crippen LogP contribution in [0.1, 0.15) is 10.5 Å². The fourth-order valence-corrected chi connectivity index (χ4v) is 3.40. The summed E-state index contributed by atoms with van der Waals surface area (Å²) in [6.07, 6.45) is 1.58. The summed E-state index contributed by atoms with van der Waals surface area (Å²) in [6, 6.07) is 13.2. The van der Waals surface area contributed by atoms with Gasteiger partial charge in [-0.05, 0) is 30.3 Å². The number of aryl methyl sites for hydroxylation is 1. The summed E-state index contributed by atoms with van der Waals surface area (Å²) in [6.45, 7) is 0. The molecule has 4 rings (SSSR count). The lowest BCUT2D eigenvalue weighted by atomic mass is 10.1. The molecule has 130 valence electrons. The number of carbonyl (C=O) groups excluding carboxylic acids is 1. The number of fused-ring (bicyclic) bond motifs is 1. The first kappa shape index (κ1) is 16.2. The number of benzene rings is 1. The zero-order chi connectivity index (χ0) is 18.1. The van der Waals surface area contributed by atoms with E-state index in [9.17, 15) is 4.79 Å². The number of anilines is 1. The van der Waals surface area contributed by atoms with Gasteiger partial charge in [0, 0.05) is 18.8 Å². The van der Waals surface area contributed by atoms with Crippen molar-refractivity contribution >= 4 is 32.7 Å². The number of ether oxygens (including phenoxy) is 1. The van der Waals surface area contributed by atoms with Crippen molar-refractivity contribution in [1.82, 2.24) is 19.7 Å². The number of hydrogen-bond donors (Lipinski definition) is 1. The van der Waals surface area contributed by atoms with E-state index in [0.29, 0.717) is 10.8 Å². The first-order valence-electron chi connectivity index (χ1n) is 7.85. The minimum absolute atomic E-state index is 0.253. The van der Waals surface area contributed by atoms with Gasteiger partial charge in [-0.3, -0.25) is 14.8 Å². The van der Waals surface area contributed by atoms with Crippen LogP contribution in [-0.2, 0) is 7.05 Å². The Labute approximate surface area is 153 Å². The smallest absolute Gasteiger partial charge is 0.275 e. The van der Waals surface area contributed by atoms with E-state index in [4.69, 9.17) is 4.74 Å². The molecular formula is C18H15N5O2S. The predicted molar refractivity (Wildman–Crippen MR) is 101 cm³/mol. The third-order valence-corrected chi connectivity index (χ3v) is 4.78. The number of methoxy groups -OCH3 is 1. The summed E-state index contributed by atoms with van der Waals surface area (Å²) in [5.74, 6) is 0.523. The number of nitrogens with zero attached hydrogens (tertiary/aromatic N) is 4. The van der Waals surface area contributed by atoms with Gasteiger partial charge in [-0.25, -0.2) is 9.97 Å². The number of carbonyl (C=O) groups is 1. The van der Waals surface area contributed by atoms with Crippen LogP contribution in [0.15, 0.2) is 48.7 Å². The lowest BCUT2D eigenvalue weighted by Crippen LogP contribution is -2.15. The van der Waals surface area contributed by atoms with Gasteiger partial charge in [0.25, 0.3) is 5.91 Å². The van der Waals surface area contributed by atoms with Crippen LogP contribution in [0.2, 0.25) is 0 Å². The molecule has 8 heteroatoms. The largest absolute Gasteiger partial charge is 0.497 e. The maximum Gasteiger partial charge on any atom is 0.275 e. The molecule has 0 saturated carbocycles. The van der Waals surface area contributed by atoms with Crippen molar-refractivity contribution in [2.45, 2.75) is 0 Å². The van der Waals surface area contributed by atoms with E-state index in [1.54, 1.807) is 26.4 Å². The second-order valence-corrected chi connectivity index (χ2v) is 6.54. The Kier molecular flexibility index (Phi) is 4.10. The molecule has 0 spiro atoms. The molecule has 3 aromatic heterocycles. The van der Waals surface area contributed by atoms with E-state index < -0.39 is 0 Å². The normalized spacial score (nSPS) is 10.8. The summed E-state index contributed by atoms with van der Waals surface area (Å²) in [7, 11) is 3.35. The molecule has 0 atom stereocenters. The minimum Gasteiger partial charge on any atom is -0.497 e.